The number of aryl methyl sites for hydroxylation is 4. The number of amides is 2. The molecule has 1 aliphatic heterocycles. The molecule has 7 nitrogen and oxygen atoms in total. The molecule has 7 heteroatoms. The second-order valence-corrected chi connectivity index (χ2v) is 7.17. The molecule has 0 bridgehead atoms. The van der Waals surface area contributed by atoms with Crippen LogP contribution in [0.25, 0.3) is 0 Å². The van der Waals surface area contributed by atoms with Gasteiger partial charge in [0.05, 0.1) is 12.3 Å². The maximum Gasteiger partial charge on any atom is 0.224 e. The van der Waals surface area contributed by atoms with Gasteiger partial charge in [0.15, 0.2) is 0 Å². The zero-order valence-corrected chi connectivity index (χ0v) is 16.6. The minimum atomic E-state index is 0.0464. The Labute approximate surface area is 165 Å². The Morgan fingerprint density at radius 2 is 2.11 bits per heavy atom. The number of hydrogen-bond donors (Lipinski definition) is 2. The highest BCUT2D eigenvalue weighted by atomic mass is 16.5. The number of benzene rings is 1. The van der Waals surface area contributed by atoms with Gasteiger partial charge < -0.3 is 15.4 Å². The molecule has 28 heavy (non-hydrogen) atoms. The van der Waals surface area contributed by atoms with E-state index >= 15 is 0 Å². The molecule has 0 aliphatic carbocycles. The van der Waals surface area contributed by atoms with Crippen molar-refractivity contribution in [2.45, 2.75) is 52.5 Å². The summed E-state index contributed by atoms with van der Waals surface area (Å²) in [4.78, 5) is 23.3. The van der Waals surface area contributed by atoms with Crippen LogP contribution in [0.15, 0.2) is 24.3 Å². The van der Waals surface area contributed by atoms with Crippen molar-refractivity contribution < 1.29 is 14.3 Å². The SMILES string of the molecule is Cc1cc(C)n(CCCNC(=O)CCCOc2ccc3c(c2)CCC(=O)N3)n1. The van der Waals surface area contributed by atoms with Gasteiger partial charge in [0.2, 0.25) is 11.8 Å². The fourth-order valence-electron chi connectivity index (χ4n) is 3.32. The summed E-state index contributed by atoms with van der Waals surface area (Å²) in [5.41, 5.74) is 4.12. The van der Waals surface area contributed by atoms with Crippen LogP contribution >= 0.6 is 0 Å². The van der Waals surface area contributed by atoms with Crippen LogP contribution in [0.2, 0.25) is 0 Å². The molecule has 0 saturated carbocycles. The standard InChI is InChI=1S/C21H28N4O3/c1-15-13-16(2)25(24-15)11-4-10-22-20(26)5-3-12-28-18-7-8-19-17(14-18)6-9-21(27)23-19/h7-8,13-14H,3-6,9-12H2,1-2H3,(H,22,26)(H,23,27). The van der Waals surface area contributed by atoms with Crippen LogP contribution < -0.4 is 15.4 Å². The topological polar surface area (TPSA) is 85.2 Å². The lowest BCUT2D eigenvalue weighted by Gasteiger charge is -2.17. The zero-order chi connectivity index (χ0) is 19.9. The second kappa shape index (κ2) is 9.39. The zero-order valence-electron chi connectivity index (χ0n) is 16.6. The van der Waals surface area contributed by atoms with Gasteiger partial charge in [-0.3, -0.25) is 14.3 Å². The van der Waals surface area contributed by atoms with Crippen LogP contribution in [0.5, 0.6) is 5.75 Å². The lowest BCUT2D eigenvalue weighted by Crippen LogP contribution is -2.25. The Morgan fingerprint density at radius 3 is 2.89 bits per heavy atom. The van der Waals surface area contributed by atoms with E-state index in [4.69, 9.17) is 4.74 Å². The van der Waals surface area contributed by atoms with Crippen LogP contribution in [0, 0.1) is 13.8 Å². The third-order valence-electron chi connectivity index (χ3n) is 4.76. The first-order valence-electron chi connectivity index (χ1n) is 9.84. The maximum absolute atomic E-state index is 11.9. The number of nitrogens with one attached hydrogen (secondary N) is 2. The van der Waals surface area contributed by atoms with Crippen LogP contribution in [0.4, 0.5) is 5.69 Å². The highest BCUT2D eigenvalue weighted by Gasteiger charge is 2.15. The summed E-state index contributed by atoms with van der Waals surface area (Å²) in [6.45, 7) is 5.97. The van der Waals surface area contributed by atoms with Gasteiger partial charge in [-0.15, -0.1) is 0 Å². The van der Waals surface area contributed by atoms with Gasteiger partial charge in [-0.25, -0.2) is 0 Å². The van der Waals surface area contributed by atoms with Crippen molar-refractivity contribution in [1.29, 1.82) is 0 Å². The van der Waals surface area contributed by atoms with Crippen LogP contribution in [0.1, 0.15) is 42.6 Å². The number of hydrogen-bond acceptors (Lipinski definition) is 4. The molecule has 0 unspecified atom stereocenters. The molecule has 150 valence electrons. The fourth-order valence-corrected chi connectivity index (χ4v) is 3.32. The summed E-state index contributed by atoms with van der Waals surface area (Å²) in [7, 11) is 0. The van der Waals surface area contributed by atoms with Gasteiger partial charge in [0.25, 0.3) is 0 Å². The number of rotatable bonds is 9. The highest BCUT2D eigenvalue weighted by Crippen LogP contribution is 2.26. The summed E-state index contributed by atoms with van der Waals surface area (Å²) in [5.74, 6) is 0.882. The molecular formula is C21H28N4O3. The third-order valence-corrected chi connectivity index (χ3v) is 4.76. The van der Waals surface area contributed by atoms with Crippen LogP contribution in [0.3, 0.4) is 0 Å². The summed E-state index contributed by atoms with van der Waals surface area (Å²) in [6.07, 6.45) is 3.21. The minimum absolute atomic E-state index is 0.0464. The van der Waals surface area contributed by atoms with E-state index in [-0.39, 0.29) is 11.8 Å². The molecule has 2 amide bonds. The predicted octanol–water partition coefficient (Wildman–Crippen LogP) is 2.75. The molecule has 0 fully saturated rings. The van der Waals surface area contributed by atoms with E-state index in [1.165, 1.54) is 0 Å². The van der Waals surface area contributed by atoms with E-state index in [1.54, 1.807) is 0 Å². The van der Waals surface area contributed by atoms with Crippen molar-refractivity contribution in [3.63, 3.8) is 0 Å². The molecule has 2 aromatic rings. The molecule has 2 heterocycles. The van der Waals surface area contributed by atoms with E-state index < -0.39 is 0 Å². The quantitative estimate of drug-likeness (QED) is 0.651. The van der Waals surface area contributed by atoms with Crippen molar-refractivity contribution in [3.8, 4) is 5.75 Å². The summed E-state index contributed by atoms with van der Waals surface area (Å²) in [5, 5.41) is 10.2. The molecule has 3 rings (SSSR count). The predicted molar refractivity (Wildman–Crippen MR) is 107 cm³/mol. The molecule has 0 spiro atoms. The molecule has 0 atom stereocenters. The first-order valence-corrected chi connectivity index (χ1v) is 9.84. The number of carbonyl (C=O) groups excluding carboxylic acids is 2. The lowest BCUT2D eigenvalue weighted by molar-refractivity contribution is -0.121. The Bertz CT molecular complexity index is 844. The molecule has 1 aromatic carbocycles. The lowest BCUT2D eigenvalue weighted by atomic mass is 10.0. The first kappa shape index (κ1) is 19.9. The third kappa shape index (κ3) is 5.58. The van der Waals surface area contributed by atoms with Crippen LogP contribution in [-0.4, -0.2) is 34.7 Å². The fraction of sp³-hybridized carbons (Fsp3) is 0.476. The molecule has 2 N–H and O–H groups in total. The summed E-state index contributed by atoms with van der Waals surface area (Å²) in [6, 6.07) is 7.74. The van der Waals surface area contributed by atoms with Gasteiger partial charge in [-0.2, -0.15) is 5.10 Å². The average molecular weight is 384 g/mol. The van der Waals surface area contributed by atoms with Gasteiger partial charge >= 0.3 is 0 Å². The summed E-state index contributed by atoms with van der Waals surface area (Å²) < 4.78 is 7.72. The minimum Gasteiger partial charge on any atom is -0.494 e. The van der Waals surface area contributed by atoms with Crippen molar-refractivity contribution in [2.75, 3.05) is 18.5 Å². The first-order chi connectivity index (χ1) is 13.5. The second-order valence-electron chi connectivity index (χ2n) is 7.17. The Kier molecular flexibility index (Phi) is 6.68. The Hall–Kier alpha value is -2.83. The number of ether oxygens (including phenoxy) is 1. The van der Waals surface area contributed by atoms with Crippen molar-refractivity contribution in [1.82, 2.24) is 15.1 Å². The number of carbonyl (C=O) groups is 2. The highest BCUT2D eigenvalue weighted by molar-refractivity contribution is 5.94. The number of nitrogens with zero attached hydrogens (tertiary/aromatic N) is 2. The smallest absolute Gasteiger partial charge is 0.224 e. The number of anilines is 1. The van der Waals surface area contributed by atoms with Gasteiger partial charge in [0.1, 0.15) is 5.75 Å². The van der Waals surface area contributed by atoms with E-state index in [1.807, 2.05) is 36.7 Å². The van der Waals surface area contributed by atoms with Crippen molar-refractivity contribution in [3.05, 3.63) is 41.2 Å². The Morgan fingerprint density at radius 1 is 1.25 bits per heavy atom. The van der Waals surface area contributed by atoms with Gasteiger partial charge in [-0.05, 0) is 62.9 Å². The normalized spacial score (nSPS) is 13.0. The van der Waals surface area contributed by atoms with E-state index in [2.05, 4.69) is 21.8 Å². The monoisotopic (exact) mass is 384 g/mol. The van der Waals surface area contributed by atoms with Crippen molar-refractivity contribution in [2.24, 2.45) is 0 Å². The maximum atomic E-state index is 11.9. The van der Waals surface area contributed by atoms with E-state index in [9.17, 15) is 9.59 Å². The van der Waals surface area contributed by atoms with E-state index in [0.29, 0.717) is 32.4 Å². The van der Waals surface area contributed by atoms with Crippen LogP contribution in [-0.2, 0) is 22.6 Å². The van der Waals surface area contributed by atoms with Crippen molar-refractivity contribution >= 4 is 17.5 Å². The summed E-state index contributed by atoms with van der Waals surface area (Å²) >= 11 is 0. The molecule has 1 aliphatic rings. The number of fused-ring (bicyclic) bond motifs is 1. The van der Waals surface area contributed by atoms with Gasteiger partial charge in [-0.1, -0.05) is 0 Å². The largest absolute Gasteiger partial charge is 0.494 e. The van der Waals surface area contributed by atoms with Gasteiger partial charge in [0, 0.05) is 37.3 Å². The number of aromatic nitrogens is 2. The molecule has 0 radical (unpaired) electrons. The van der Waals surface area contributed by atoms with E-state index in [0.717, 1.165) is 47.8 Å². The Balaban J connectivity index is 1.29. The average Bonchev–Trinajstić information content (AvgIpc) is 2.99. The molecule has 0 saturated heterocycles. The molecule has 1 aromatic heterocycles. The molecular weight excluding hydrogens is 356 g/mol.